The summed E-state index contributed by atoms with van der Waals surface area (Å²) in [7, 11) is -8.83. The van der Waals surface area contributed by atoms with E-state index < -0.39 is 23.9 Å². The maximum atomic E-state index is 12.3. The molecule has 0 radical (unpaired) electrons. The molecule has 2 aromatic rings. The Morgan fingerprint density at radius 3 is 2.30 bits per heavy atom. The van der Waals surface area contributed by atoms with Gasteiger partial charge >= 0.3 is 7.82 Å². The Labute approximate surface area is 174 Å². The quantitative estimate of drug-likeness (QED) is 0.600. The molecular weight excluding hydrogens is 433 g/mol. The van der Waals surface area contributed by atoms with Crippen molar-refractivity contribution < 1.29 is 32.0 Å². The van der Waals surface area contributed by atoms with Gasteiger partial charge in [-0.1, -0.05) is 0 Å². The smallest absolute Gasteiger partial charge is 0.453 e. The van der Waals surface area contributed by atoms with Crippen LogP contribution in [0.5, 0.6) is 11.5 Å². The van der Waals surface area contributed by atoms with Gasteiger partial charge in [0.1, 0.15) is 23.2 Å². The number of ether oxygens (including phenoxy) is 1. The summed E-state index contributed by atoms with van der Waals surface area (Å²) in [5.74, 6) is 0.417. The van der Waals surface area contributed by atoms with Crippen LogP contribution in [-0.4, -0.2) is 33.6 Å². The first-order valence-electron chi connectivity index (χ1n) is 9.08. The average molecular weight is 455 g/mol. The van der Waals surface area contributed by atoms with Crippen LogP contribution < -0.4 is 4.74 Å². The molecule has 2 N–H and O–H groups in total. The Balaban J connectivity index is 2.18. The summed E-state index contributed by atoms with van der Waals surface area (Å²) in [5.41, 5.74) is 2.14. The molecule has 1 aromatic carbocycles. The maximum Gasteiger partial charge on any atom is 0.470 e. The number of hydrogen-bond acceptors (Lipinski definition) is 7. The van der Waals surface area contributed by atoms with Gasteiger partial charge in [0, 0.05) is 5.92 Å². The molecule has 1 fully saturated rings. The lowest BCUT2D eigenvalue weighted by Crippen LogP contribution is -2.17. The third kappa shape index (κ3) is 4.74. The molecule has 1 saturated carbocycles. The Kier molecular flexibility index (Phi) is 5.84. The molecule has 1 aromatic heterocycles. The van der Waals surface area contributed by atoms with E-state index in [9.17, 15) is 28.0 Å². The molecule has 1 unspecified atom stereocenters. The summed E-state index contributed by atoms with van der Waals surface area (Å²) in [4.78, 5) is 18.4. The van der Waals surface area contributed by atoms with Crippen LogP contribution in [0, 0.1) is 25.2 Å². The zero-order valence-electron chi connectivity index (χ0n) is 16.9. The summed E-state index contributed by atoms with van der Waals surface area (Å²) < 4.78 is 47.5. The minimum atomic E-state index is -4.91. The highest BCUT2D eigenvalue weighted by atomic mass is 32.2. The van der Waals surface area contributed by atoms with E-state index >= 15 is 0 Å². The molecule has 12 heteroatoms. The summed E-state index contributed by atoms with van der Waals surface area (Å²) in [6.07, 6.45) is 1.19. The zero-order chi connectivity index (χ0) is 22.4. The van der Waals surface area contributed by atoms with Crippen molar-refractivity contribution in [1.82, 2.24) is 9.19 Å². The standard InChI is InChI=1S/C18H22N3O7PS/c1-10-7-14(8-11(2)15(10)9-19)27-18-16(13-5-6-13)20-21(30(4,25)26)17(18)12(3)28-29(22,23)24/h7-8,12-13H,5-6H2,1-4H3,(H2,22,23,24). The topological polar surface area (TPSA) is 152 Å². The molecule has 1 aliphatic carbocycles. The van der Waals surface area contributed by atoms with Crippen LogP contribution in [0.25, 0.3) is 0 Å². The van der Waals surface area contributed by atoms with Gasteiger partial charge in [0.25, 0.3) is 10.0 Å². The number of benzene rings is 1. The van der Waals surface area contributed by atoms with Crippen molar-refractivity contribution in [3.05, 3.63) is 40.2 Å². The van der Waals surface area contributed by atoms with Crippen LogP contribution in [-0.2, 0) is 19.1 Å². The summed E-state index contributed by atoms with van der Waals surface area (Å²) in [6, 6.07) is 5.39. The van der Waals surface area contributed by atoms with Crippen molar-refractivity contribution in [2.75, 3.05) is 6.26 Å². The Morgan fingerprint density at radius 1 is 1.30 bits per heavy atom. The zero-order valence-corrected chi connectivity index (χ0v) is 18.6. The second kappa shape index (κ2) is 7.80. The monoisotopic (exact) mass is 455 g/mol. The number of hydrogen-bond donors (Lipinski definition) is 2. The molecule has 0 saturated heterocycles. The third-order valence-electron chi connectivity index (χ3n) is 4.67. The molecule has 1 heterocycles. The fourth-order valence-corrected chi connectivity index (χ4v) is 4.61. The molecule has 0 aliphatic heterocycles. The number of aryl methyl sites for hydroxylation is 2. The molecule has 0 bridgehead atoms. The van der Waals surface area contributed by atoms with E-state index in [0.717, 1.165) is 19.1 Å². The highest BCUT2D eigenvalue weighted by molar-refractivity contribution is 7.89. The third-order valence-corrected chi connectivity index (χ3v) is 6.16. The van der Waals surface area contributed by atoms with Crippen LogP contribution in [0.3, 0.4) is 0 Å². The maximum absolute atomic E-state index is 12.3. The first-order valence-corrected chi connectivity index (χ1v) is 12.5. The van der Waals surface area contributed by atoms with Gasteiger partial charge in [0.05, 0.1) is 17.9 Å². The second-order valence-corrected chi connectivity index (χ2v) is 10.4. The van der Waals surface area contributed by atoms with Crippen LogP contribution >= 0.6 is 7.82 Å². The lowest BCUT2D eigenvalue weighted by Gasteiger charge is -2.17. The van der Waals surface area contributed by atoms with Crippen molar-refractivity contribution in [1.29, 1.82) is 5.26 Å². The average Bonchev–Trinajstić information content (AvgIpc) is 3.33. The van der Waals surface area contributed by atoms with E-state index in [0.29, 0.717) is 32.2 Å². The van der Waals surface area contributed by atoms with E-state index in [-0.39, 0.29) is 17.4 Å². The summed E-state index contributed by atoms with van der Waals surface area (Å²) in [5, 5.41) is 13.4. The van der Waals surface area contributed by atoms with E-state index in [2.05, 4.69) is 11.2 Å². The van der Waals surface area contributed by atoms with Gasteiger partial charge in [0.15, 0.2) is 5.75 Å². The van der Waals surface area contributed by atoms with Gasteiger partial charge < -0.3 is 14.5 Å². The van der Waals surface area contributed by atoms with E-state index in [1.165, 1.54) is 6.92 Å². The lowest BCUT2D eigenvalue weighted by molar-refractivity contribution is 0.140. The minimum Gasteiger partial charge on any atom is -0.453 e. The van der Waals surface area contributed by atoms with Gasteiger partial charge in [-0.3, -0.25) is 4.52 Å². The molecule has 10 nitrogen and oxygen atoms in total. The first-order chi connectivity index (χ1) is 13.8. The van der Waals surface area contributed by atoms with Gasteiger partial charge in [0.2, 0.25) is 0 Å². The number of phosphoric acid groups is 1. The number of aromatic nitrogens is 2. The molecule has 30 heavy (non-hydrogen) atoms. The first kappa shape index (κ1) is 22.5. The highest BCUT2D eigenvalue weighted by Gasteiger charge is 2.38. The van der Waals surface area contributed by atoms with Gasteiger partial charge in [-0.15, -0.1) is 0 Å². The molecule has 0 spiro atoms. The Hall–Kier alpha value is -2.22. The van der Waals surface area contributed by atoms with Gasteiger partial charge in [-0.25, -0.2) is 13.0 Å². The van der Waals surface area contributed by atoms with Crippen LogP contribution in [0.2, 0.25) is 0 Å². The fourth-order valence-electron chi connectivity index (χ4n) is 3.27. The molecule has 1 atom stereocenters. The van der Waals surface area contributed by atoms with Gasteiger partial charge in [-0.05, 0) is 56.9 Å². The van der Waals surface area contributed by atoms with Crippen LogP contribution in [0.4, 0.5) is 0 Å². The predicted molar refractivity (Wildman–Crippen MR) is 107 cm³/mol. The largest absolute Gasteiger partial charge is 0.470 e. The van der Waals surface area contributed by atoms with Gasteiger partial charge in [-0.2, -0.15) is 14.4 Å². The normalized spacial score (nSPS) is 15.6. The molecular formula is C18H22N3O7PS. The van der Waals surface area contributed by atoms with E-state index in [1.54, 1.807) is 26.0 Å². The van der Waals surface area contributed by atoms with Crippen molar-refractivity contribution in [3.8, 4) is 17.6 Å². The predicted octanol–water partition coefficient (Wildman–Crippen LogP) is 3.02. The number of nitrogens with zero attached hydrogens (tertiary/aromatic N) is 3. The van der Waals surface area contributed by atoms with Crippen molar-refractivity contribution in [2.45, 2.75) is 45.6 Å². The second-order valence-electron chi connectivity index (χ2n) is 7.36. The number of rotatable bonds is 7. The minimum absolute atomic E-state index is 0.0235. The molecule has 0 amide bonds. The van der Waals surface area contributed by atoms with Crippen molar-refractivity contribution in [3.63, 3.8) is 0 Å². The van der Waals surface area contributed by atoms with Crippen LogP contribution in [0.1, 0.15) is 59.9 Å². The number of nitriles is 1. The Morgan fingerprint density at radius 2 is 1.87 bits per heavy atom. The summed E-state index contributed by atoms with van der Waals surface area (Å²) >= 11 is 0. The van der Waals surface area contributed by atoms with Crippen molar-refractivity contribution >= 4 is 17.8 Å². The highest BCUT2D eigenvalue weighted by Crippen LogP contribution is 2.50. The fraction of sp³-hybridized carbons (Fsp3) is 0.444. The van der Waals surface area contributed by atoms with Crippen molar-refractivity contribution in [2.24, 2.45) is 0 Å². The SMILES string of the molecule is Cc1cc(Oc2c(C3CC3)nn(S(C)(=O)=O)c2C(C)OP(=O)(O)O)cc(C)c1C#N. The molecule has 1 aliphatic rings. The Bertz CT molecular complexity index is 1170. The van der Waals surface area contributed by atoms with Crippen LogP contribution in [0.15, 0.2) is 12.1 Å². The van der Waals surface area contributed by atoms with E-state index in [1.807, 2.05) is 0 Å². The van der Waals surface area contributed by atoms with E-state index in [4.69, 9.17) is 9.26 Å². The molecule has 162 valence electrons. The lowest BCUT2D eigenvalue weighted by atomic mass is 10.0. The number of phosphoric ester groups is 1. The summed E-state index contributed by atoms with van der Waals surface area (Å²) in [6.45, 7) is 4.82. The molecule has 3 rings (SSSR count).